The maximum atomic E-state index is 5.97. The number of guanidine groups is 1. The molecule has 1 aliphatic carbocycles. The van der Waals surface area contributed by atoms with Gasteiger partial charge < -0.3 is 20.3 Å². The molecule has 0 aliphatic heterocycles. The highest BCUT2D eigenvalue weighted by atomic mass is 127. The van der Waals surface area contributed by atoms with E-state index in [-0.39, 0.29) is 24.0 Å². The molecule has 5 nitrogen and oxygen atoms in total. The number of thiophene rings is 1. The van der Waals surface area contributed by atoms with Gasteiger partial charge >= 0.3 is 0 Å². The Kier molecular flexibility index (Phi) is 12.5. The summed E-state index contributed by atoms with van der Waals surface area (Å²) in [6.45, 7) is 2.56. The fourth-order valence-corrected chi connectivity index (χ4v) is 4.12. The summed E-state index contributed by atoms with van der Waals surface area (Å²) >= 11 is 1.80. The largest absolute Gasteiger partial charge is 0.378 e. The first-order valence-corrected chi connectivity index (χ1v) is 10.3. The summed E-state index contributed by atoms with van der Waals surface area (Å²) in [5.74, 6) is 0.862. The Hall–Kier alpha value is -0.380. The van der Waals surface area contributed by atoms with Crippen molar-refractivity contribution in [3.05, 3.63) is 22.4 Å². The van der Waals surface area contributed by atoms with Crippen molar-refractivity contribution >= 4 is 41.3 Å². The van der Waals surface area contributed by atoms with Gasteiger partial charge in [0.25, 0.3) is 0 Å². The van der Waals surface area contributed by atoms with Gasteiger partial charge in [-0.15, -0.1) is 35.3 Å². The minimum absolute atomic E-state index is 0. The van der Waals surface area contributed by atoms with Gasteiger partial charge in [0.05, 0.1) is 12.1 Å². The summed E-state index contributed by atoms with van der Waals surface area (Å²) in [5.41, 5.74) is 0. The van der Waals surface area contributed by atoms with Gasteiger partial charge in [0.15, 0.2) is 5.96 Å². The lowest BCUT2D eigenvalue weighted by Gasteiger charge is -2.24. The van der Waals surface area contributed by atoms with E-state index in [4.69, 9.17) is 4.74 Å². The number of likely N-dealkylation sites (N-methyl/N-ethyl adjacent to an activating group) is 1. The van der Waals surface area contributed by atoms with Crippen LogP contribution in [0.1, 0.15) is 49.4 Å². The third kappa shape index (κ3) is 8.54. The molecule has 2 rings (SSSR count). The van der Waals surface area contributed by atoms with E-state index in [1.165, 1.54) is 37.0 Å². The number of ether oxygens (including phenoxy) is 1. The van der Waals surface area contributed by atoms with E-state index in [1.807, 2.05) is 7.05 Å². The number of aliphatic imine (C=N–C) groups is 1. The summed E-state index contributed by atoms with van der Waals surface area (Å²) in [5, 5.41) is 8.96. The maximum absolute atomic E-state index is 5.97. The average molecular weight is 494 g/mol. The Balaban J connectivity index is 0.00000338. The van der Waals surface area contributed by atoms with E-state index in [0.717, 1.165) is 32.1 Å². The molecule has 150 valence electrons. The van der Waals surface area contributed by atoms with Gasteiger partial charge in [0.1, 0.15) is 0 Å². The Labute approximate surface area is 180 Å². The molecule has 1 saturated carbocycles. The van der Waals surface area contributed by atoms with Crippen molar-refractivity contribution in [2.75, 3.05) is 40.8 Å². The number of hydrogen-bond donors (Lipinski definition) is 2. The lowest BCUT2D eigenvalue weighted by atomic mass is 9.98. The Bertz CT molecular complexity index is 490. The average Bonchev–Trinajstić information content (AvgIpc) is 3.14. The first-order chi connectivity index (χ1) is 12.2. The minimum Gasteiger partial charge on any atom is -0.378 e. The molecule has 1 heterocycles. The lowest BCUT2D eigenvalue weighted by molar-refractivity contribution is 0.0277. The number of hydrogen-bond acceptors (Lipinski definition) is 4. The van der Waals surface area contributed by atoms with Crippen LogP contribution >= 0.6 is 35.3 Å². The molecule has 0 amide bonds. The molecule has 1 fully saturated rings. The molecule has 0 saturated heterocycles. The Morgan fingerprint density at radius 2 is 2.08 bits per heavy atom. The van der Waals surface area contributed by atoms with Crippen molar-refractivity contribution in [1.82, 2.24) is 15.5 Å². The summed E-state index contributed by atoms with van der Waals surface area (Å²) in [7, 11) is 6.05. The molecule has 1 unspecified atom stereocenters. The van der Waals surface area contributed by atoms with Crippen molar-refractivity contribution in [2.45, 2.75) is 50.7 Å². The monoisotopic (exact) mass is 494 g/mol. The van der Waals surface area contributed by atoms with Crippen LogP contribution in [0.25, 0.3) is 0 Å². The van der Waals surface area contributed by atoms with E-state index >= 15 is 0 Å². The zero-order chi connectivity index (χ0) is 17.9. The Morgan fingerprint density at radius 1 is 1.31 bits per heavy atom. The normalized spacial score (nSPS) is 17.0. The van der Waals surface area contributed by atoms with Crippen LogP contribution in [0.5, 0.6) is 0 Å². The molecule has 1 aliphatic rings. The molecule has 1 atom stereocenters. The molecule has 26 heavy (non-hydrogen) atoms. The quantitative estimate of drug-likeness (QED) is 0.237. The predicted octanol–water partition coefficient (Wildman–Crippen LogP) is 3.87. The van der Waals surface area contributed by atoms with Gasteiger partial charge in [0, 0.05) is 31.6 Å². The first kappa shape index (κ1) is 23.7. The standard InChI is InChI=1S/C19H34N4OS.HI/c1-20-19(21-12-8-13-24-16-9-5-4-6-10-16)22-15-17(23(2)3)18-11-7-14-25-18;/h7,11,14,16-17H,4-6,8-10,12-13,15H2,1-3H3,(H2,20,21,22);1H. The van der Waals surface area contributed by atoms with Crippen LogP contribution in [0, 0.1) is 0 Å². The van der Waals surface area contributed by atoms with Crippen LogP contribution in [0.3, 0.4) is 0 Å². The van der Waals surface area contributed by atoms with E-state index in [0.29, 0.717) is 12.1 Å². The zero-order valence-electron chi connectivity index (χ0n) is 16.4. The number of nitrogens with one attached hydrogen (secondary N) is 2. The van der Waals surface area contributed by atoms with E-state index in [9.17, 15) is 0 Å². The summed E-state index contributed by atoms with van der Waals surface area (Å²) in [6.07, 6.45) is 8.03. The third-order valence-corrected chi connectivity index (χ3v) is 5.67. The van der Waals surface area contributed by atoms with Gasteiger partial charge in [0.2, 0.25) is 0 Å². The smallest absolute Gasteiger partial charge is 0.191 e. The van der Waals surface area contributed by atoms with Crippen molar-refractivity contribution in [3.8, 4) is 0 Å². The van der Waals surface area contributed by atoms with Gasteiger partial charge in [-0.3, -0.25) is 4.99 Å². The summed E-state index contributed by atoms with van der Waals surface area (Å²) in [4.78, 5) is 7.94. The van der Waals surface area contributed by atoms with Crippen LogP contribution in [-0.2, 0) is 4.74 Å². The minimum atomic E-state index is 0. The molecule has 7 heteroatoms. The second-order valence-electron chi connectivity index (χ2n) is 6.86. The van der Waals surface area contributed by atoms with E-state index < -0.39 is 0 Å². The fraction of sp³-hybridized carbons (Fsp3) is 0.737. The summed E-state index contributed by atoms with van der Waals surface area (Å²) in [6, 6.07) is 4.65. The predicted molar refractivity (Wildman–Crippen MR) is 123 cm³/mol. The second kappa shape index (κ2) is 13.7. The third-order valence-electron chi connectivity index (χ3n) is 4.70. The molecule has 1 aromatic rings. The Morgan fingerprint density at radius 3 is 2.69 bits per heavy atom. The highest BCUT2D eigenvalue weighted by Crippen LogP contribution is 2.22. The molecule has 0 aromatic carbocycles. The van der Waals surface area contributed by atoms with Gasteiger partial charge in [-0.05, 0) is 44.8 Å². The van der Waals surface area contributed by atoms with Crippen LogP contribution in [-0.4, -0.2) is 57.8 Å². The maximum Gasteiger partial charge on any atom is 0.191 e. The number of nitrogens with zero attached hydrogens (tertiary/aromatic N) is 2. The van der Waals surface area contributed by atoms with Crippen LogP contribution in [0.2, 0.25) is 0 Å². The van der Waals surface area contributed by atoms with Crippen LogP contribution < -0.4 is 10.6 Å². The van der Waals surface area contributed by atoms with E-state index in [2.05, 4.69) is 52.1 Å². The van der Waals surface area contributed by atoms with Crippen LogP contribution in [0.15, 0.2) is 22.5 Å². The number of rotatable bonds is 9. The molecular formula is C19H35IN4OS. The van der Waals surface area contributed by atoms with Gasteiger partial charge in [-0.25, -0.2) is 0 Å². The zero-order valence-corrected chi connectivity index (χ0v) is 19.5. The van der Waals surface area contributed by atoms with Crippen LogP contribution in [0.4, 0.5) is 0 Å². The topological polar surface area (TPSA) is 48.9 Å². The first-order valence-electron chi connectivity index (χ1n) is 9.46. The molecular weight excluding hydrogens is 459 g/mol. The van der Waals surface area contributed by atoms with Crippen molar-refractivity contribution in [3.63, 3.8) is 0 Å². The van der Waals surface area contributed by atoms with Crippen molar-refractivity contribution in [2.24, 2.45) is 4.99 Å². The second-order valence-corrected chi connectivity index (χ2v) is 7.84. The summed E-state index contributed by atoms with van der Waals surface area (Å²) < 4.78 is 5.97. The lowest BCUT2D eigenvalue weighted by Crippen LogP contribution is -2.42. The van der Waals surface area contributed by atoms with Gasteiger partial charge in [-0.2, -0.15) is 0 Å². The molecule has 0 radical (unpaired) electrons. The fourth-order valence-electron chi connectivity index (χ4n) is 3.19. The van der Waals surface area contributed by atoms with Crippen molar-refractivity contribution < 1.29 is 4.74 Å². The number of halogens is 1. The molecule has 0 bridgehead atoms. The highest BCUT2D eigenvalue weighted by Gasteiger charge is 2.15. The molecule has 1 aromatic heterocycles. The van der Waals surface area contributed by atoms with Crippen molar-refractivity contribution in [1.29, 1.82) is 0 Å². The highest BCUT2D eigenvalue weighted by molar-refractivity contribution is 14.0. The molecule has 0 spiro atoms. The SMILES string of the molecule is CN=C(NCCCOC1CCCCC1)NCC(c1cccs1)N(C)C.I. The molecule has 2 N–H and O–H groups in total. The van der Waals surface area contributed by atoms with Gasteiger partial charge in [-0.1, -0.05) is 25.3 Å². The van der Waals surface area contributed by atoms with E-state index in [1.54, 1.807) is 11.3 Å².